The van der Waals surface area contributed by atoms with Crippen LogP contribution in [-0.2, 0) is 21.4 Å². The highest BCUT2D eigenvalue weighted by molar-refractivity contribution is 5.76. The average Bonchev–Trinajstić information content (AvgIpc) is 2.77. The molecule has 0 atom stereocenters. The molecular formula is C13H21N3O4. The van der Waals surface area contributed by atoms with E-state index in [1.807, 2.05) is 20.8 Å². The average molecular weight is 283 g/mol. The third kappa shape index (κ3) is 5.81. The van der Waals surface area contributed by atoms with Crippen molar-refractivity contribution in [3.8, 4) is 0 Å². The van der Waals surface area contributed by atoms with E-state index in [-0.39, 0.29) is 24.3 Å². The van der Waals surface area contributed by atoms with E-state index in [9.17, 15) is 9.59 Å². The fourth-order valence-electron chi connectivity index (χ4n) is 1.46. The number of aliphatic carboxylic acids is 1. The van der Waals surface area contributed by atoms with E-state index in [0.29, 0.717) is 31.0 Å². The number of carboxylic acid groups (broad SMARTS) is 1. The zero-order valence-electron chi connectivity index (χ0n) is 12.1. The molecule has 0 aromatic carbocycles. The van der Waals surface area contributed by atoms with Crippen LogP contribution in [0.2, 0.25) is 0 Å². The van der Waals surface area contributed by atoms with E-state index in [4.69, 9.17) is 9.63 Å². The lowest BCUT2D eigenvalue weighted by Crippen LogP contribution is -2.25. The van der Waals surface area contributed by atoms with Gasteiger partial charge in [0.1, 0.15) is 0 Å². The lowest BCUT2D eigenvalue weighted by Gasteiger charge is -2.10. The summed E-state index contributed by atoms with van der Waals surface area (Å²) in [6, 6.07) is 0. The van der Waals surface area contributed by atoms with Gasteiger partial charge in [0.25, 0.3) is 0 Å². The van der Waals surface area contributed by atoms with Crippen molar-refractivity contribution in [2.75, 3.05) is 6.54 Å². The molecule has 20 heavy (non-hydrogen) atoms. The van der Waals surface area contributed by atoms with Crippen LogP contribution < -0.4 is 5.32 Å². The normalized spacial score (nSPS) is 11.3. The molecule has 0 saturated carbocycles. The number of hydrogen-bond acceptors (Lipinski definition) is 5. The first-order valence-electron chi connectivity index (χ1n) is 6.60. The lowest BCUT2D eigenvalue weighted by atomic mass is 9.96. The van der Waals surface area contributed by atoms with Gasteiger partial charge in [0, 0.05) is 24.8 Å². The summed E-state index contributed by atoms with van der Waals surface area (Å²) in [4.78, 5) is 26.0. The first kappa shape index (κ1) is 16.1. The second-order valence-electron chi connectivity index (χ2n) is 5.61. The van der Waals surface area contributed by atoms with Gasteiger partial charge in [0.05, 0.1) is 6.42 Å². The Morgan fingerprint density at radius 1 is 1.30 bits per heavy atom. The van der Waals surface area contributed by atoms with Crippen molar-refractivity contribution in [3.05, 3.63) is 11.7 Å². The Hall–Kier alpha value is -1.92. The highest BCUT2D eigenvalue weighted by atomic mass is 16.5. The molecule has 0 aliphatic heterocycles. The van der Waals surface area contributed by atoms with Gasteiger partial charge in [-0.25, -0.2) is 0 Å². The Bertz CT molecular complexity index is 462. The Kier molecular flexibility index (Phi) is 5.66. The van der Waals surface area contributed by atoms with Gasteiger partial charge in [-0.1, -0.05) is 25.9 Å². The third-order valence-electron chi connectivity index (χ3n) is 2.59. The van der Waals surface area contributed by atoms with Gasteiger partial charge < -0.3 is 14.9 Å². The van der Waals surface area contributed by atoms with E-state index in [1.54, 1.807) is 0 Å². The highest BCUT2D eigenvalue weighted by Crippen LogP contribution is 2.18. The van der Waals surface area contributed by atoms with Gasteiger partial charge in [-0.2, -0.15) is 4.98 Å². The maximum atomic E-state index is 11.4. The van der Waals surface area contributed by atoms with Crippen molar-refractivity contribution in [3.63, 3.8) is 0 Å². The van der Waals surface area contributed by atoms with Crippen molar-refractivity contribution in [2.24, 2.45) is 0 Å². The van der Waals surface area contributed by atoms with Gasteiger partial charge in [0.15, 0.2) is 5.82 Å². The maximum Gasteiger partial charge on any atom is 0.305 e. The summed E-state index contributed by atoms with van der Waals surface area (Å²) >= 11 is 0. The van der Waals surface area contributed by atoms with Crippen LogP contribution in [-0.4, -0.2) is 33.7 Å². The Balaban J connectivity index is 2.25. The molecule has 0 spiro atoms. The first-order valence-corrected chi connectivity index (χ1v) is 6.60. The predicted octanol–water partition coefficient (Wildman–Crippen LogP) is 1.28. The van der Waals surface area contributed by atoms with Crippen LogP contribution in [0.25, 0.3) is 0 Å². The zero-order valence-corrected chi connectivity index (χ0v) is 12.1. The van der Waals surface area contributed by atoms with Gasteiger partial charge >= 0.3 is 5.97 Å². The number of aromatic nitrogens is 2. The molecule has 0 fully saturated rings. The summed E-state index contributed by atoms with van der Waals surface area (Å²) < 4.78 is 5.12. The summed E-state index contributed by atoms with van der Waals surface area (Å²) in [7, 11) is 0. The second kappa shape index (κ2) is 7.02. The molecule has 1 aromatic rings. The van der Waals surface area contributed by atoms with E-state index in [1.165, 1.54) is 0 Å². The standard InChI is InChI=1S/C13H21N3O4/c1-13(2,3)12-15-10(20-16-12)6-4-5-9(17)14-8-7-11(18)19/h4-8H2,1-3H3,(H,14,17)(H,18,19). The molecule has 7 heteroatoms. The molecule has 7 nitrogen and oxygen atoms in total. The van der Waals surface area contributed by atoms with Crippen LogP contribution in [0.4, 0.5) is 0 Å². The molecule has 1 heterocycles. The smallest absolute Gasteiger partial charge is 0.305 e. The van der Waals surface area contributed by atoms with Crippen LogP contribution in [0.1, 0.15) is 51.7 Å². The Morgan fingerprint density at radius 3 is 2.55 bits per heavy atom. The molecule has 112 valence electrons. The first-order chi connectivity index (χ1) is 9.29. The fourth-order valence-corrected chi connectivity index (χ4v) is 1.46. The predicted molar refractivity (Wildman–Crippen MR) is 71.2 cm³/mol. The molecule has 0 radical (unpaired) electrons. The number of rotatable bonds is 7. The number of amides is 1. The molecule has 0 aliphatic rings. The molecule has 1 aromatic heterocycles. The number of nitrogens with one attached hydrogen (secondary N) is 1. The van der Waals surface area contributed by atoms with E-state index >= 15 is 0 Å². The van der Waals surface area contributed by atoms with Crippen LogP contribution in [0.5, 0.6) is 0 Å². The van der Waals surface area contributed by atoms with Gasteiger partial charge in [0.2, 0.25) is 11.8 Å². The molecule has 0 aliphatic carbocycles. The fraction of sp³-hybridized carbons (Fsp3) is 0.692. The van der Waals surface area contributed by atoms with E-state index < -0.39 is 5.97 Å². The molecule has 0 saturated heterocycles. The molecule has 0 unspecified atom stereocenters. The van der Waals surface area contributed by atoms with Crippen molar-refractivity contribution < 1.29 is 19.2 Å². The third-order valence-corrected chi connectivity index (χ3v) is 2.59. The summed E-state index contributed by atoms with van der Waals surface area (Å²) in [5.74, 6) is 0.0827. The molecule has 1 amide bonds. The van der Waals surface area contributed by atoms with Crippen LogP contribution in [0.15, 0.2) is 4.52 Å². The lowest BCUT2D eigenvalue weighted by molar-refractivity contribution is -0.136. The van der Waals surface area contributed by atoms with Crippen molar-refractivity contribution in [2.45, 2.75) is 51.9 Å². The summed E-state index contributed by atoms with van der Waals surface area (Å²) in [6.45, 7) is 6.15. The highest BCUT2D eigenvalue weighted by Gasteiger charge is 2.20. The number of nitrogens with zero attached hydrogens (tertiary/aromatic N) is 2. The van der Waals surface area contributed by atoms with Crippen molar-refractivity contribution >= 4 is 11.9 Å². The zero-order chi connectivity index (χ0) is 15.2. The van der Waals surface area contributed by atoms with Gasteiger partial charge in [-0.3, -0.25) is 9.59 Å². The second-order valence-corrected chi connectivity index (χ2v) is 5.61. The minimum Gasteiger partial charge on any atom is -0.481 e. The monoisotopic (exact) mass is 283 g/mol. The SMILES string of the molecule is CC(C)(C)c1noc(CCCC(=O)NCCC(=O)O)n1. The number of carboxylic acids is 1. The van der Waals surface area contributed by atoms with Gasteiger partial charge in [-0.05, 0) is 6.42 Å². The number of hydrogen-bond donors (Lipinski definition) is 2. The minimum atomic E-state index is -0.925. The van der Waals surface area contributed by atoms with E-state index in [2.05, 4.69) is 15.5 Å². The Labute approximate surface area is 117 Å². The van der Waals surface area contributed by atoms with Crippen LogP contribution in [0, 0.1) is 0 Å². The minimum absolute atomic E-state index is 0.0651. The van der Waals surface area contributed by atoms with Gasteiger partial charge in [-0.15, -0.1) is 0 Å². The van der Waals surface area contributed by atoms with Crippen molar-refractivity contribution in [1.82, 2.24) is 15.5 Å². The Morgan fingerprint density at radius 2 is 2.00 bits per heavy atom. The number of carbonyl (C=O) groups excluding carboxylic acids is 1. The molecule has 1 rings (SSSR count). The summed E-state index contributed by atoms with van der Waals surface area (Å²) in [6.07, 6.45) is 1.37. The number of carbonyl (C=O) groups is 2. The summed E-state index contributed by atoms with van der Waals surface area (Å²) in [5.41, 5.74) is -0.157. The van der Waals surface area contributed by atoms with Crippen LogP contribution >= 0.6 is 0 Å². The number of aryl methyl sites for hydroxylation is 1. The quantitative estimate of drug-likeness (QED) is 0.781. The molecule has 0 bridgehead atoms. The summed E-state index contributed by atoms with van der Waals surface area (Å²) in [5, 5.41) is 14.9. The van der Waals surface area contributed by atoms with Crippen LogP contribution in [0.3, 0.4) is 0 Å². The molecule has 2 N–H and O–H groups in total. The maximum absolute atomic E-state index is 11.4. The molecular weight excluding hydrogens is 262 g/mol. The van der Waals surface area contributed by atoms with Crippen molar-refractivity contribution in [1.29, 1.82) is 0 Å². The topological polar surface area (TPSA) is 105 Å². The largest absolute Gasteiger partial charge is 0.481 e. The van der Waals surface area contributed by atoms with E-state index in [0.717, 1.165) is 0 Å².